The molecule has 0 unspecified atom stereocenters. The Labute approximate surface area is 106 Å². The van der Waals surface area contributed by atoms with E-state index in [0.717, 1.165) is 13.1 Å². The smallest absolute Gasteiger partial charge is 0.291 e. The Kier molecular flexibility index (Phi) is 3.63. The van der Waals surface area contributed by atoms with E-state index in [9.17, 15) is 9.90 Å². The highest BCUT2D eigenvalue weighted by atomic mass is 16.3. The molecule has 1 aromatic rings. The van der Waals surface area contributed by atoms with Crippen molar-refractivity contribution >= 4 is 5.91 Å². The van der Waals surface area contributed by atoms with Gasteiger partial charge >= 0.3 is 0 Å². The lowest BCUT2D eigenvalue weighted by Crippen LogP contribution is -2.52. The summed E-state index contributed by atoms with van der Waals surface area (Å²) in [5.74, 6) is 0.168. The molecule has 1 aromatic heterocycles. The number of hydrogen-bond donors (Lipinski definition) is 2. The molecule has 0 aromatic carbocycles. The fraction of sp³-hybridized carbons (Fsp3) is 0.727. The monoisotopic (exact) mass is 253 g/mol. The highest BCUT2D eigenvalue weighted by molar-refractivity contribution is 5.90. The molecule has 100 valence electrons. The summed E-state index contributed by atoms with van der Waals surface area (Å²) in [6.45, 7) is 7.04. The van der Waals surface area contributed by atoms with Crippen LogP contribution >= 0.6 is 0 Å². The minimum atomic E-state index is -0.697. The van der Waals surface area contributed by atoms with E-state index in [1.807, 2.05) is 0 Å². The molecule has 1 aliphatic heterocycles. The van der Waals surface area contributed by atoms with Crippen LogP contribution in [0.15, 0.2) is 6.33 Å². The Bertz CT molecular complexity index is 390. The second-order valence-electron chi connectivity index (χ2n) is 5.21. The fourth-order valence-electron chi connectivity index (χ4n) is 2.11. The quantitative estimate of drug-likeness (QED) is 0.746. The molecule has 18 heavy (non-hydrogen) atoms. The molecular formula is C11H19N5O2. The molecule has 0 aliphatic carbocycles. The van der Waals surface area contributed by atoms with Crippen LogP contribution in [0.25, 0.3) is 0 Å². The first-order valence-corrected chi connectivity index (χ1v) is 6.05. The molecule has 7 nitrogen and oxygen atoms in total. The molecule has 0 atom stereocenters. The van der Waals surface area contributed by atoms with Gasteiger partial charge in [0.15, 0.2) is 0 Å². The highest BCUT2D eigenvalue weighted by Crippen LogP contribution is 2.09. The molecule has 7 heteroatoms. The van der Waals surface area contributed by atoms with E-state index < -0.39 is 5.60 Å². The van der Waals surface area contributed by atoms with Crippen molar-refractivity contribution in [1.82, 2.24) is 25.0 Å². The molecular weight excluding hydrogens is 234 g/mol. The van der Waals surface area contributed by atoms with Crippen molar-refractivity contribution in [2.24, 2.45) is 0 Å². The summed E-state index contributed by atoms with van der Waals surface area (Å²) in [4.78, 5) is 19.7. The minimum Gasteiger partial charge on any atom is -0.389 e. The van der Waals surface area contributed by atoms with Crippen molar-refractivity contribution < 1.29 is 9.90 Å². The molecule has 2 rings (SSSR count). The molecule has 1 aliphatic rings. The van der Waals surface area contributed by atoms with Crippen LogP contribution in [0, 0.1) is 0 Å². The first-order chi connectivity index (χ1) is 8.46. The predicted octanol–water partition coefficient (Wildman–Crippen LogP) is -0.667. The Hall–Kier alpha value is -1.47. The molecule has 2 heterocycles. The topological polar surface area (TPSA) is 85.3 Å². The van der Waals surface area contributed by atoms with Gasteiger partial charge in [0.2, 0.25) is 5.82 Å². The third kappa shape index (κ3) is 3.27. The maximum Gasteiger partial charge on any atom is 0.291 e. The number of H-pyrrole nitrogens is 1. The molecule has 0 spiro atoms. The van der Waals surface area contributed by atoms with Crippen LogP contribution in [0.3, 0.4) is 0 Å². The molecule has 1 saturated heterocycles. The van der Waals surface area contributed by atoms with Gasteiger partial charge in [0.05, 0.1) is 5.60 Å². The molecule has 0 saturated carbocycles. The van der Waals surface area contributed by atoms with E-state index in [-0.39, 0.29) is 11.7 Å². The number of aromatic nitrogens is 3. The third-order valence-corrected chi connectivity index (χ3v) is 2.89. The summed E-state index contributed by atoms with van der Waals surface area (Å²) in [5.41, 5.74) is -0.697. The zero-order valence-electron chi connectivity index (χ0n) is 10.8. The zero-order valence-corrected chi connectivity index (χ0v) is 10.8. The lowest BCUT2D eigenvalue weighted by Gasteiger charge is -2.36. The van der Waals surface area contributed by atoms with Crippen LogP contribution in [0.2, 0.25) is 0 Å². The predicted molar refractivity (Wildman–Crippen MR) is 65.0 cm³/mol. The van der Waals surface area contributed by atoms with Gasteiger partial charge in [-0.15, -0.1) is 0 Å². The maximum atomic E-state index is 12.0. The highest BCUT2D eigenvalue weighted by Gasteiger charge is 2.26. The summed E-state index contributed by atoms with van der Waals surface area (Å²) in [7, 11) is 0. The third-order valence-electron chi connectivity index (χ3n) is 2.89. The maximum absolute atomic E-state index is 12.0. The number of nitrogens with one attached hydrogen (secondary N) is 1. The van der Waals surface area contributed by atoms with Gasteiger partial charge < -0.3 is 10.0 Å². The van der Waals surface area contributed by atoms with E-state index in [2.05, 4.69) is 20.1 Å². The standard InChI is InChI=1S/C11H19N5O2/c1-11(2,18)7-15-3-5-16(6-4-15)10(17)9-12-8-13-14-9/h8,18H,3-7H2,1-2H3,(H,12,13,14). The van der Waals surface area contributed by atoms with E-state index in [0.29, 0.717) is 19.6 Å². The van der Waals surface area contributed by atoms with E-state index in [4.69, 9.17) is 0 Å². The van der Waals surface area contributed by atoms with Gasteiger partial charge in [0.25, 0.3) is 5.91 Å². The van der Waals surface area contributed by atoms with Crippen LogP contribution in [-0.2, 0) is 0 Å². The Morgan fingerprint density at radius 2 is 2.11 bits per heavy atom. The number of aliphatic hydroxyl groups is 1. The fourth-order valence-corrected chi connectivity index (χ4v) is 2.11. The van der Waals surface area contributed by atoms with Gasteiger partial charge in [-0.1, -0.05) is 0 Å². The van der Waals surface area contributed by atoms with Crippen molar-refractivity contribution in [2.45, 2.75) is 19.4 Å². The summed E-state index contributed by atoms with van der Waals surface area (Å²) < 4.78 is 0. The van der Waals surface area contributed by atoms with Crippen molar-refractivity contribution in [3.63, 3.8) is 0 Å². The summed E-state index contributed by atoms with van der Waals surface area (Å²) in [6, 6.07) is 0. The SMILES string of the molecule is CC(C)(O)CN1CCN(C(=O)c2ncn[nH]2)CC1. The van der Waals surface area contributed by atoms with Crippen LogP contribution in [0.4, 0.5) is 0 Å². The number of rotatable bonds is 3. The van der Waals surface area contributed by atoms with Gasteiger partial charge in [0.1, 0.15) is 6.33 Å². The second-order valence-corrected chi connectivity index (χ2v) is 5.21. The number of β-amino-alcohol motifs (C(OH)–C–C–N with tert-alkyl or cyclic N) is 1. The average Bonchev–Trinajstić information content (AvgIpc) is 2.80. The van der Waals surface area contributed by atoms with Gasteiger partial charge in [-0.25, -0.2) is 4.98 Å². The molecule has 2 N–H and O–H groups in total. The number of aromatic amines is 1. The van der Waals surface area contributed by atoms with Gasteiger partial charge in [-0.2, -0.15) is 5.10 Å². The van der Waals surface area contributed by atoms with E-state index >= 15 is 0 Å². The molecule has 0 radical (unpaired) electrons. The van der Waals surface area contributed by atoms with Crippen molar-refractivity contribution in [3.05, 3.63) is 12.2 Å². The summed E-state index contributed by atoms with van der Waals surface area (Å²) in [6.07, 6.45) is 1.33. The van der Waals surface area contributed by atoms with Crippen LogP contribution in [-0.4, -0.2) is 74.3 Å². The largest absolute Gasteiger partial charge is 0.389 e. The molecule has 0 bridgehead atoms. The first-order valence-electron chi connectivity index (χ1n) is 6.05. The van der Waals surface area contributed by atoms with E-state index in [1.165, 1.54) is 6.33 Å². The first kappa shape index (κ1) is 13.0. The van der Waals surface area contributed by atoms with Crippen molar-refractivity contribution in [2.75, 3.05) is 32.7 Å². The van der Waals surface area contributed by atoms with Gasteiger partial charge in [-0.05, 0) is 13.8 Å². The van der Waals surface area contributed by atoms with Crippen molar-refractivity contribution in [3.8, 4) is 0 Å². The summed E-state index contributed by atoms with van der Waals surface area (Å²) >= 11 is 0. The van der Waals surface area contributed by atoms with E-state index in [1.54, 1.807) is 18.7 Å². The number of carbonyl (C=O) groups excluding carboxylic acids is 1. The molecule has 1 fully saturated rings. The average molecular weight is 253 g/mol. The van der Waals surface area contributed by atoms with Gasteiger partial charge in [-0.3, -0.25) is 14.8 Å². The number of carbonyl (C=O) groups is 1. The number of nitrogens with zero attached hydrogens (tertiary/aromatic N) is 4. The second kappa shape index (κ2) is 5.03. The zero-order chi connectivity index (χ0) is 13.2. The van der Waals surface area contributed by atoms with Crippen LogP contribution < -0.4 is 0 Å². The van der Waals surface area contributed by atoms with Crippen LogP contribution in [0.5, 0.6) is 0 Å². The van der Waals surface area contributed by atoms with Crippen LogP contribution in [0.1, 0.15) is 24.5 Å². The Morgan fingerprint density at radius 1 is 1.44 bits per heavy atom. The Morgan fingerprint density at radius 3 is 2.61 bits per heavy atom. The minimum absolute atomic E-state index is 0.115. The lowest BCUT2D eigenvalue weighted by atomic mass is 10.1. The Balaban J connectivity index is 1.85. The molecule has 1 amide bonds. The lowest BCUT2D eigenvalue weighted by molar-refractivity contribution is 0.0176. The van der Waals surface area contributed by atoms with Crippen molar-refractivity contribution in [1.29, 1.82) is 0 Å². The number of amides is 1. The number of piperazine rings is 1. The van der Waals surface area contributed by atoms with Gasteiger partial charge in [0, 0.05) is 32.7 Å². The summed E-state index contributed by atoms with van der Waals surface area (Å²) in [5, 5.41) is 16.0. The number of hydrogen-bond acceptors (Lipinski definition) is 5. The normalized spacial score (nSPS) is 18.1.